The molecule has 0 bridgehead atoms. The summed E-state index contributed by atoms with van der Waals surface area (Å²) in [5.74, 6) is -0.437. The van der Waals surface area contributed by atoms with E-state index in [0.29, 0.717) is 74.6 Å². The van der Waals surface area contributed by atoms with Crippen LogP contribution in [-0.4, -0.2) is 81.1 Å². The third-order valence-electron chi connectivity index (χ3n) is 10.3. The predicted molar refractivity (Wildman–Crippen MR) is 215 cm³/mol. The van der Waals surface area contributed by atoms with Crippen LogP contribution in [0.25, 0.3) is 0 Å². The summed E-state index contributed by atoms with van der Waals surface area (Å²) >= 11 is 0. The Morgan fingerprint density at radius 1 is 1.05 bits per heavy atom. The van der Waals surface area contributed by atoms with E-state index in [1.54, 1.807) is 26.7 Å². The third kappa shape index (κ3) is 9.80. The van der Waals surface area contributed by atoms with Gasteiger partial charge in [-0.3, -0.25) is 19.2 Å². The lowest BCUT2D eigenvalue weighted by Crippen LogP contribution is -2.49. The van der Waals surface area contributed by atoms with Crippen molar-refractivity contribution in [2.24, 2.45) is 5.92 Å². The van der Waals surface area contributed by atoms with Gasteiger partial charge in [-0.15, -0.1) is 5.10 Å². The standard InChI is InChI=1S/C43H58N6O6/c1-6-55-36-16-18-39-33(26-36)27-38(44-21-8-10-24-50)41(52)49(39)35-15-17-40-37(28-35)43(54,42(53)48(40)23-19-31(4)13-11-12-30(2)3)32(5)14-7-9-22-47-29-34(20-25-51)45-46-47/h7,12,14-19,26,28-29,32,38,44,50-51,54H,6,8-11,13,20-25,27H2,1-5H3/b14-7+,31-19+/t32-,38?,43+/m0/s1. The summed E-state index contributed by atoms with van der Waals surface area (Å²) in [6.07, 6.45) is 14.5. The number of amides is 2. The van der Waals surface area contributed by atoms with Crippen LogP contribution in [0.3, 0.4) is 0 Å². The highest BCUT2D eigenvalue weighted by Crippen LogP contribution is 2.48. The number of hydrogen-bond donors (Lipinski definition) is 4. The van der Waals surface area contributed by atoms with Gasteiger partial charge in [0.05, 0.1) is 29.7 Å². The van der Waals surface area contributed by atoms with Gasteiger partial charge in [0.1, 0.15) is 5.75 Å². The molecule has 1 unspecified atom stereocenters. The Morgan fingerprint density at radius 2 is 1.85 bits per heavy atom. The molecule has 0 saturated heterocycles. The second kappa shape index (κ2) is 19.3. The lowest BCUT2D eigenvalue weighted by Gasteiger charge is -2.35. The molecule has 2 aromatic carbocycles. The van der Waals surface area contributed by atoms with Crippen LogP contribution in [0.2, 0.25) is 0 Å². The van der Waals surface area contributed by atoms with Crippen LogP contribution in [0.15, 0.2) is 78.0 Å². The molecule has 2 aliphatic heterocycles. The quantitative estimate of drug-likeness (QED) is 0.0844. The van der Waals surface area contributed by atoms with Crippen molar-refractivity contribution >= 4 is 28.9 Å². The Hall–Kier alpha value is -4.62. The maximum atomic E-state index is 14.5. The van der Waals surface area contributed by atoms with Crippen LogP contribution in [-0.2, 0) is 34.6 Å². The molecule has 0 fully saturated rings. The largest absolute Gasteiger partial charge is 0.494 e. The number of nitrogens with one attached hydrogen (secondary N) is 1. The Morgan fingerprint density at radius 3 is 2.60 bits per heavy atom. The minimum atomic E-state index is -1.89. The highest BCUT2D eigenvalue weighted by atomic mass is 16.5. The topological polar surface area (TPSA) is 153 Å². The van der Waals surface area contributed by atoms with Crippen LogP contribution >= 0.6 is 0 Å². The van der Waals surface area contributed by atoms with Crippen molar-refractivity contribution in [3.05, 3.63) is 94.9 Å². The van der Waals surface area contributed by atoms with Crippen molar-refractivity contribution in [1.82, 2.24) is 20.3 Å². The van der Waals surface area contributed by atoms with Gasteiger partial charge in [0.15, 0.2) is 5.60 Å². The molecule has 12 heteroatoms. The van der Waals surface area contributed by atoms with Gasteiger partial charge in [0.25, 0.3) is 5.91 Å². The summed E-state index contributed by atoms with van der Waals surface area (Å²) in [6.45, 7) is 12.0. The Balaban J connectivity index is 1.50. The number of anilines is 3. The average molecular weight is 755 g/mol. The molecule has 0 spiro atoms. The number of unbranched alkanes of at least 4 members (excludes halogenated alkanes) is 1. The number of aryl methyl sites for hydroxylation is 1. The number of aromatic nitrogens is 3. The molecular weight excluding hydrogens is 697 g/mol. The number of aliphatic hydroxyl groups excluding tert-OH is 2. The molecule has 1 aromatic heterocycles. The monoisotopic (exact) mass is 754 g/mol. The highest BCUT2D eigenvalue weighted by molar-refractivity contribution is 6.10. The second-order valence-corrected chi connectivity index (χ2v) is 14.7. The lowest BCUT2D eigenvalue weighted by atomic mass is 9.82. The Labute approximate surface area is 325 Å². The van der Waals surface area contributed by atoms with Crippen molar-refractivity contribution in [1.29, 1.82) is 0 Å². The molecule has 3 atom stereocenters. The third-order valence-corrected chi connectivity index (χ3v) is 10.3. The molecule has 5 rings (SSSR count). The van der Waals surface area contributed by atoms with Gasteiger partial charge in [0, 0.05) is 56.1 Å². The van der Waals surface area contributed by atoms with Crippen LogP contribution in [0, 0.1) is 5.92 Å². The molecule has 0 radical (unpaired) electrons. The molecule has 2 amide bonds. The lowest BCUT2D eigenvalue weighted by molar-refractivity contribution is -0.139. The molecule has 3 aromatic rings. The molecule has 4 N–H and O–H groups in total. The van der Waals surface area contributed by atoms with E-state index in [2.05, 4.69) is 48.6 Å². The van der Waals surface area contributed by atoms with Crippen molar-refractivity contribution in [3.8, 4) is 5.75 Å². The van der Waals surface area contributed by atoms with E-state index in [4.69, 9.17) is 4.74 Å². The van der Waals surface area contributed by atoms with Gasteiger partial charge in [-0.1, -0.05) is 47.6 Å². The summed E-state index contributed by atoms with van der Waals surface area (Å²) in [5, 5.41) is 42.7. The van der Waals surface area contributed by atoms with E-state index in [1.165, 1.54) is 5.57 Å². The second-order valence-electron chi connectivity index (χ2n) is 14.7. The van der Waals surface area contributed by atoms with E-state index in [1.807, 2.05) is 56.3 Å². The van der Waals surface area contributed by atoms with Crippen LogP contribution in [0.5, 0.6) is 5.75 Å². The summed E-state index contributed by atoms with van der Waals surface area (Å²) in [4.78, 5) is 32.1. The van der Waals surface area contributed by atoms with E-state index in [0.717, 1.165) is 41.8 Å². The molecular formula is C43H58N6O6. The number of nitrogens with zero attached hydrogens (tertiary/aromatic N) is 5. The SMILES string of the molecule is CCOc1ccc2c(c1)CC(NCCCCO)C(=O)N2c1ccc2c(c1)[C@](O)([C@@H](C)/C=C/CCn1cc(CCO)nn1)C(=O)N2C/C=C(\C)CCC=C(C)C. The molecule has 296 valence electrons. The van der Waals surface area contributed by atoms with Gasteiger partial charge in [-0.25, -0.2) is 0 Å². The van der Waals surface area contributed by atoms with E-state index in [-0.39, 0.29) is 19.1 Å². The number of aliphatic hydroxyl groups is 3. The fourth-order valence-electron chi connectivity index (χ4n) is 7.24. The fraction of sp³-hybridized carbons (Fsp3) is 0.488. The van der Waals surface area contributed by atoms with Crippen LogP contribution in [0.1, 0.15) is 83.5 Å². The minimum absolute atomic E-state index is 0.00433. The molecule has 55 heavy (non-hydrogen) atoms. The zero-order chi connectivity index (χ0) is 39.5. The normalized spacial score (nSPS) is 18.9. The molecule has 2 aliphatic rings. The smallest absolute Gasteiger partial charge is 0.264 e. The summed E-state index contributed by atoms with van der Waals surface area (Å²) in [7, 11) is 0. The zero-order valence-corrected chi connectivity index (χ0v) is 33.0. The first-order valence-electron chi connectivity index (χ1n) is 19.6. The van der Waals surface area contributed by atoms with Crippen molar-refractivity contribution in [3.63, 3.8) is 0 Å². The van der Waals surface area contributed by atoms with Gasteiger partial charge < -0.3 is 30.3 Å². The van der Waals surface area contributed by atoms with E-state index >= 15 is 0 Å². The number of hydrogen-bond acceptors (Lipinski definition) is 9. The summed E-state index contributed by atoms with van der Waals surface area (Å²) in [5.41, 5.74) is 4.53. The maximum absolute atomic E-state index is 14.5. The number of ether oxygens (including phenoxy) is 1. The minimum Gasteiger partial charge on any atom is -0.494 e. The Kier molecular flexibility index (Phi) is 14.6. The van der Waals surface area contributed by atoms with Gasteiger partial charge in [-0.05, 0) is 115 Å². The molecule has 0 aliphatic carbocycles. The first-order chi connectivity index (χ1) is 26.5. The van der Waals surface area contributed by atoms with Crippen molar-refractivity contribution in [2.75, 3.05) is 42.7 Å². The number of carbonyl (C=O) groups excluding carboxylic acids is 2. The highest BCUT2D eigenvalue weighted by Gasteiger charge is 2.52. The van der Waals surface area contributed by atoms with E-state index < -0.39 is 23.5 Å². The maximum Gasteiger partial charge on any atom is 0.264 e. The number of rotatable bonds is 20. The van der Waals surface area contributed by atoms with Crippen molar-refractivity contribution in [2.45, 2.75) is 97.8 Å². The summed E-state index contributed by atoms with van der Waals surface area (Å²) < 4.78 is 7.53. The Bertz CT molecular complexity index is 1880. The number of allylic oxidation sites excluding steroid dienone is 4. The average Bonchev–Trinajstić information content (AvgIpc) is 3.70. The zero-order valence-electron chi connectivity index (χ0n) is 33.0. The first kappa shape index (κ1) is 41.5. The number of benzene rings is 2. The number of carbonyl (C=O) groups is 2. The van der Waals surface area contributed by atoms with Crippen LogP contribution in [0.4, 0.5) is 17.1 Å². The van der Waals surface area contributed by atoms with Crippen molar-refractivity contribution < 1.29 is 29.6 Å². The van der Waals surface area contributed by atoms with Crippen LogP contribution < -0.4 is 19.9 Å². The van der Waals surface area contributed by atoms with Gasteiger partial charge in [-0.2, -0.15) is 0 Å². The van der Waals surface area contributed by atoms with Gasteiger partial charge >= 0.3 is 0 Å². The molecule has 0 saturated carbocycles. The van der Waals surface area contributed by atoms with Gasteiger partial charge in [0.2, 0.25) is 5.91 Å². The predicted octanol–water partition coefficient (Wildman–Crippen LogP) is 5.67. The first-order valence-corrected chi connectivity index (χ1v) is 19.6. The molecule has 3 heterocycles. The number of fused-ring (bicyclic) bond motifs is 2. The molecule has 12 nitrogen and oxygen atoms in total. The fourth-order valence-corrected chi connectivity index (χ4v) is 7.24. The summed E-state index contributed by atoms with van der Waals surface area (Å²) in [6, 6.07) is 10.7. The van der Waals surface area contributed by atoms with E-state index in [9.17, 15) is 24.9 Å².